The van der Waals surface area contributed by atoms with E-state index in [0.29, 0.717) is 13.2 Å². The molecule has 1 aromatic carbocycles. The summed E-state index contributed by atoms with van der Waals surface area (Å²) in [7, 11) is 0. The van der Waals surface area contributed by atoms with Gasteiger partial charge < -0.3 is 15.8 Å². The van der Waals surface area contributed by atoms with Crippen molar-refractivity contribution in [3.8, 4) is 0 Å². The van der Waals surface area contributed by atoms with Crippen molar-refractivity contribution in [2.24, 2.45) is 5.73 Å². The summed E-state index contributed by atoms with van der Waals surface area (Å²) in [6.45, 7) is 4.82. The summed E-state index contributed by atoms with van der Waals surface area (Å²) in [6, 6.07) is 5.93. The van der Waals surface area contributed by atoms with Gasteiger partial charge >= 0.3 is 0 Å². The predicted octanol–water partition coefficient (Wildman–Crippen LogP) is 1.22. The Morgan fingerprint density at radius 2 is 2.19 bits per heavy atom. The molecule has 0 aromatic heterocycles. The first-order valence-corrected chi connectivity index (χ1v) is 5.28. The molecule has 0 heterocycles. The molecule has 16 heavy (non-hydrogen) atoms. The van der Waals surface area contributed by atoms with E-state index in [2.05, 4.69) is 5.32 Å². The van der Waals surface area contributed by atoms with Gasteiger partial charge in [0.05, 0.1) is 6.61 Å². The lowest BCUT2D eigenvalue weighted by Gasteiger charge is -2.09. The Kier molecular flexibility index (Phi) is 4.95. The zero-order valence-electron chi connectivity index (χ0n) is 9.75. The van der Waals surface area contributed by atoms with Gasteiger partial charge in [-0.25, -0.2) is 0 Å². The van der Waals surface area contributed by atoms with Crippen LogP contribution in [0.25, 0.3) is 0 Å². The molecule has 88 valence electrons. The number of nitrogens with two attached hydrogens (primary N) is 1. The number of aryl methyl sites for hydroxylation is 2. The van der Waals surface area contributed by atoms with E-state index in [0.717, 1.165) is 16.8 Å². The molecule has 1 amide bonds. The Bertz CT molecular complexity index is 364. The number of hydrogen-bond donors (Lipinski definition) is 2. The molecule has 0 radical (unpaired) electrons. The van der Waals surface area contributed by atoms with Gasteiger partial charge in [-0.15, -0.1) is 0 Å². The smallest absolute Gasteiger partial charge is 0.250 e. The van der Waals surface area contributed by atoms with Gasteiger partial charge in [0.25, 0.3) is 0 Å². The van der Waals surface area contributed by atoms with Gasteiger partial charge in [0.15, 0.2) is 0 Å². The molecule has 0 atom stereocenters. The van der Waals surface area contributed by atoms with Crippen molar-refractivity contribution in [3.05, 3.63) is 29.3 Å². The summed E-state index contributed by atoms with van der Waals surface area (Å²) in [4.78, 5) is 11.5. The molecule has 0 aliphatic heterocycles. The fraction of sp³-hybridized carbons (Fsp3) is 0.417. The highest BCUT2D eigenvalue weighted by molar-refractivity contribution is 5.92. The number of anilines is 1. The molecular weight excluding hydrogens is 204 g/mol. The predicted molar refractivity (Wildman–Crippen MR) is 64.4 cm³/mol. The van der Waals surface area contributed by atoms with Gasteiger partial charge in [-0.1, -0.05) is 12.1 Å². The second kappa shape index (κ2) is 6.25. The third-order valence-electron chi connectivity index (χ3n) is 2.16. The standard InChI is InChI=1S/C12H18N2O2/c1-9-3-4-10(2)11(7-9)14-12(15)8-16-6-5-13/h3-4,7H,5-6,8,13H2,1-2H3,(H,14,15). The van der Waals surface area contributed by atoms with Gasteiger partial charge in [-0.05, 0) is 31.0 Å². The summed E-state index contributed by atoms with van der Waals surface area (Å²) in [5, 5.41) is 2.81. The number of nitrogens with one attached hydrogen (secondary N) is 1. The van der Waals surface area contributed by atoms with Crippen molar-refractivity contribution in [3.63, 3.8) is 0 Å². The van der Waals surface area contributed by atoms with Gasteiger partial charge in [0, 0.05) is 12.2 Å². The second-order valence-corrected chi connectivity index (χ2v) is 3.71. The topological polar surface area (TPSA) is 64.3 Å². The van der Waals surface area contributed by atoms with Crippen LogP contribution in [-0.4, -0.2) is 25.7 Å². The van der Waals surface area contributed by atoms with Crippen LogP contribution in [-0.2, 0) is 9.53 Å². The number of rotatable bonds is 5. The minimum absolute atomic E-state index is 0.0462. The van der Waals surface area contributed by atoms with Crippen LogP contribution >= 0.6 is 0 Å². The molecular formula is C12H18N2O2. The van der Waals surface area contributed by atoms with Crippen molar-refractivity contribution < 1.29 is 9.53 Å². The van der Waals surface area contributed by atoms with Crippen molar-refractivity contribution >= 4 is 11.6 Å². The van der Waals surface area contributed by atoms with E-state index in [-0.39, 0.29) is 12.5 Å². The van der Waals surface area contributed by atoms with E-state index in [1.165, 1.54) is 0 Å². The summed E-state index contributed by atoms with van der Waals surface area (Å²) in [5.41, 5.74) is 8.24. The van der Waals surface area contributed by atoms with Crippen LogP contribution in [0, 0.1) is 13.8 Å². The van der Waals surface area contributed by atoms with Crippen LogP contribution in [0.2, 0.25) is 0 Å². The normalized spacial score (nSPS) is 10.2. The van der Waals surface area contributed by atoms with Crippen LogP contribution in [0.5, 0.6) is 0 Å². The van der Waals surface area contributed by atoms with Crippen LogP contribution in [0.15, 0.2) is 18.2 Å². The summed E-state index contributed by atoms with van der Waals surface area (Å²) in [5.74, 6) is -0.151. The fourth-order valence-electron chi connectivity index (χ4n) is 1.31. The van der Waals surface area contributed by atoms with Crippen molar-refractivity contribution in [1.82, 2.24) is 0 Å². The van der Waals surface area contributed by atoms with Gasteiger partial charge in [-0.2, -0.15) is 0 Å². The Hall–Kier alpha value is -1.39. The van der Waals surface area contributed by atoms with Crippen molar-refractivity contribution in [2.75, 3.05) is 25.1 Å². The third kappa shape index (κ3) is 4.00. The summed E-state index contributed by atoms with van der Waals surface area (Å²) >= 11 is 0. The molecule has 0 saturated heterocycles. The first-order chi connectivity index (χ1) is 7.63. The third-order valence-corrected chi connectivity index (χ3v) is 2.16. The maximum absolute atomic E-state index is 11.5. The highest BCUT2D eigenvalue weighted by atomic mass is 16.5. The van der Waals surface area contributed by atoms with E-state index in [1.807, 2.05) is 32.0 Å². The number of benzene rings is 1. The Morgan fingerprint density at radius 1 is 1.44 bits per heavy atom. The molecule has 4 nitrogen and oxygen atoms in total. The van der Waals surface area contributed by atoms with Crippen LogP contribution < -0.4 is 11.1 Å². The van der Waals surface area contributed by atoms with Gasteiger partial charge in [0.2, 0.25) is 5.91 Å². The summed E-state index contributed by atoms with van der Waals surface area (Å²) < 4.78 is 5.05. The van der Waals surface area contributed by atoms with E-state index >= 15 is 0 Å². The molecule has 0 fully saturated rings. The SMILES string of the molecule is Cc1ccc(C)c(NC(=O)COCCN)c1. The molecule has 0 unspecified atom stereocenters. The minimum atomic E-state index is -0.151. The minimum Gasteiger partial charge on any atom is -0.370 e. The molecule has 0 aliphatic carbocycles. The number of carbonyl (C=O) groups excluding carboxylic acids is 1. The van der Waals surface area contributed by atoms with Crippen molar-refractivity contribution in [2.45, 2.75) is 13.8 Å². The highest BCUT2D eigenvalue weighted by Gasteiger charge is 2.04. The Labute approximate surface area is 95.8 Å². The van der Waals surface area contributed by atoms with Gasteiger partial charge in [0.1, 0.15) is 6.61 Å². The molecule has 4 heteroatoms. The number of hydrogen-bond acceptors (Lipinski definition) is 3. The van der Waals surface area contributed by atoms with E-state index in [1.54, 1.807) is 0 Å². The monoisotopic (exact) mass is 222 g/mol. The van der Waals surface area contributed by atoms with Crippen LogP contribution in [0.4, 0.5) is 5.69 Å². The van der Waals surface area contributed by atoms with E-state index in [9.17, 15) is 4.79 Å². The number of ether oxygens (including phenoxy) is 1. The zero-order valence-corrected chi connectivity index (χ0v) is 9.75. The average Bonchev–Trinajstić information content (AvgIpc) is 2.24. The molecule has 0 aliphatic rings. The lowest BCUT2D eigenvalue weighted by atomic mass is 10.1. The molecule has 3 N–H and O–H groups in total. The first kappa shape index (κ1) is 12.7. The lowest BCUT2D eigenvalue weighted by Crippen LogP contribution is -2.21. The summed E-state index contributed by atoms with van der Waals surface area (Å²) in [6.07, 6.45) is 0. The number of carbonyl (C=O) groups is 1. The molecule has 1 aromatic rings. The second-order valence-electron chi connectivity index (χ2n) is 3.71. The number of amides is 1. The maximum Gasteiger partial charge on any atom is 0.250 e. The zero-order chi connectivity index (χ0) is 12.0. The van der Waals surface area contributed by atoms with Crippen LogP contribution in [0.1, 0.15) is 11.1 Å². The largest absolute Gasteiger partial charge is 0.370 e. The van der Waals surface area contributed by atoms with E-state index in [4.69, 9.17) is 10.5 Å². The van der Waals surface area contributed by atoms with Crippen molar-refractivity contribution in [1.29, 1.82) is 0 Å². The Balaban J connectivity index is 2.52. The first-order valence-electron chi connectivity index (χ1n) is 5.28. The average molecular weight is 222 g/mol. The quantitative estimate of drug-likeness (QED) is 0.736. The van der Waals surface area contributed by atoms with Gasteiger partial charge in [-0.3, -0.25) is 4.79 Å². The van der Waals surface area contributed by atoms with E-state index < -0.39 is 0 Å². The molecule has 0 spiro atoms. The molecule has 0 bridgehead atoms. The van der Waals surface area contributed by atoms with Crippen LogP contribution in [0.3, 0.4) is 0 Å². The maximum atomic E-state index is 11.5. The fourth-order valence-corrected chi connectivity index (χ4v) is 1.31. The Morgan fingerprint density at radius 3 is 2.88 bits per heavy atom. The molecule has 0 saturated carbocycles. The highest BCUT2D eigenvalue weighted by Crippen LogP contribution is 2.15. The molecule has 1 rings (SSSR count). The lowest BCUT2D eigenvalue weighted by molar-refractivity contribution is -0.120.